The number of benzene rings is 3. The maximum absolute atomic E-state index is 12.4. The summed E-state index contributed by atoms with van der Waals surface area (Å²) < 4.78 is 10.5. The molecule has 0 saturated heterocycles. The molecule has 0 radical (unpaired) electrons. The predicted molar refractivity (Wildman–Crippen MR) is 109 cm³/mol. The number of ether oxygens (including phenoxy) is 2. The molecule has 3 aromatic carbocycles. The van der Waals surface area contributed by atoms with E-state index in [1.165, 1.54) is 60.7 Å². The topological polar surface area (TPSA) is 52.6 Å². The molecule has 0 aliphatic heterocycles. The number of carbonyl (C=O) groups is 2. The Labute approximate surface area is 180 Å². The highest BCUT2D eigenvalue weighted by molar-refractivity contribution is 6.35. The molecule has 0 aliphatic rings. The van der Waals surface area contributed by atoms with Gasteiger partial charge in [0.05, 0.1) is 11.1 Å². The second-order valence-electron chi connectivity index (χ2n) is 5.57. The van der Waals surface area contributed by atoms with Gasteiger partial charge >= 0.3 is 11.9 Å². The maximum Gasteiger partial charge on any atom is 0.343 e. The Balaban J connectivity index is 1.77. The minimum atomic E-state index is -0.682. The molecule has 0 bridgehead atoms. The highest BCUT2D eigenvalue weighted by Crippen LogP contribution is 2.26. The van der Waals surface area contributed by atoms with Gasteiger partial charge in [-0.25, -0.2) is 9.59 Å². The molecule has 0 atom stereocenters. The summed E-state index contributed by atoms with van der Waals surface area (Å²) in [5, 5.41) is 1.31. The zero-order valence-electron chi connectivity index (χ0n) is 13.9. The summed E-state index contributed by atoms with van der Waals surface area (Å²) in [6.07, 6.45) is 0. The van der Waals surface area contributed by atoms with Crippen molar-refractivity contribution in [2.45, 2.75) is 0 Å². The van der Waals surface area contributed by atoms with Crippen molar-refractivity contribution >= 4 is 58.3 Å². The Morgan fingerprint density at radius 1 is 0.571 bits per heavy atom. The third-order valence-corrected chi connectivity index (χ3v) is 4.30. The van der Waals surface area contributed by atoms with Crippen LogP contribution in [0.4, 0.5) is 0 Å². The molecule has 0 aromatic heterocycles. The van der Waals surface area contributed by atoms with Gasteiger partial charge in [0, 0.05) is 20.1 Å². The largest absolute Gasteiger partial charge is 0.423 e. The molecule has 28 heavy (non-hydrogen) atoms. The lowest BCUT2D eigenvalue weighted by atomic mass is 10.1. The standard InChI is InChI=1S/C20H10Cl4O4/c21-13-5-14(22)8-17(7-13)27-19(25)11-2-1-3-12(4-11)20(26)28-18-9-15(23)6-16(24)10-18/h1-10H. The summed E-state index contributed by atoms with van der Waals surface area (Å²) in [6, 6.07) is 14.7. The first-order valence-electron chi connectivity index (χ1n) is 7.77. The lowest BCUT2D eigenvalue weighted by molar-refractivity contribution is 0.0734. The smallest absolute Gasteiger partial charge is 0.343 e. The van der Waals surface area contributed by atoms with Crippen LogP contribution in [-0.2, 0) is 0 Å². The Morgan fingerprint density at radius 2 is 0.929 bits per heavy atom. The summed E-state index contributed by atoms with van der Waals surface area (Å²) in [5.41, 5.74) is 0.296. The van der Waals surface area contributed by atoms with Crippen LogP contribution in [0.2, 0.25) is 20.1 Å². The van der Waals surface area contributed by atoms with Crippen LogP contribution in [0.5, 0.6) is 11.5 Å². The minimum Gasteiger partial charge on any atom is -0.423 e. The summed E-state index contributed by atoms with van der Waals surface area (Å²) in [4.78, 5) is 24.7. The molecule has 0 amide bonds. The molecular formula is C20H10Cl4O4. The first-order chi connectivity index (χ1) is 13.3. The van der Waals surface area contributed by atoms with Crippen LogP contribution in [0.1, 0.15) is 20.7 Å². The zero-order chi connectivity index (χ0) is 20.3. The Hall–Kier alpha value is -2.24. The summed E-state index contributed by atoms with van der Waals surface area (Å²) >= 11 is 23.6. The van der Waals surface area contributed by atoms with E-state index in [4.69, 9.17) is 55.9 Å². The number of rotatable bonds is 4. The molecule has 4 nitrogen and oxygen atoms in total. The minimum absolute atomic E-state index is 0.148. The molecule has 0 aliphatic carbocycles. The SMILES string of the molecule is O=C(Oc1cc(Cl)cc(Cl)c1)c1cccc(C(=O)Oc2cc(Cl)cc(Cl)c2)c1. The third-order valence-electron chi connectivity index (χ3n) is 3.43. The molecule has 0 heterocycles. The van der Waals surface area contributed by atoms with Crippen molar-refractivity contribution in [3.8, 4) is 11.5 Å². The van der Waals surface area contributed by atoms with Crippen molar-refractivity contribution in [3.63, 3.8) is 0 Å². The summed E-state index contributed by atoms with van der Waals surface area (Å²) in [7, 11) is 0. The molecule has 0 spiro atoms. The van der Waals surface area contributed by atoms with E-state index in [-0.39, 0.29) is 22.6 Å². The average molecular weight is 456 g/mol. The monoisotopic (exact) mass is 454 g/mol. The van der Waals surface area contributed by atoms with Gasteiger partial charge in [-0.15, -0.1) is 0 Å². The highest BCUT2D eigenvalue weighted by atomic mass is 35.5. The van der Waals surface area contributed by atoms with Gasteiger partial charge in [-0.05, 0) is 54.6 Å². The van der Waals surface area contributed by atoms with Crippen molar-refractivity contribution in [1.82, 2.24) is 0 Å². The van der Waals surface area contributed by atoms with Gasteiger partial charge in [-0.1, -0.05) is 52.5 Å². The van der Waals surface area contributed by atoms with Crippen molar-refractivity contribution in [1.29, 1.82) is 0 Å². The van der Waals surface area contributed by atoms with E-state index in [0.717, 1.165) is 0 Å². The van der Waals surface area contributed by atoms with Crippen LogP contribution in [0, 0.1) is 0 Å². The second kappa shape index (κ2) is 8.84. The quantitative estimate of drug-likeness (QED) is 0.323. The van der Waals surface area contributed by atoms with Crippen molar-refractivity contribution in [2.24, 2.45) is 0 Å². The Morgan fingerprint density at radius 3 is 1.29 bits per heavy atom. The normalized spacial score (nSPS) is 10.4. The molecular weight excluding hydrogens is 446 g/mol. The maximum atomic E-state index is 12.4. The van der Waals surface area contributed by atoms with Crippen molar-refractivity contribution < 1.29 is 19.1 Å². The molecule has 0 unspecified atom stereocenters. The van der Waals surface area contributed by atoms with E-state index in [9.17, 15) is 9.59 Å². The number of carbonyl (C=O) groups excluding carboxylic acids is 2. The molecule has 8 heteroatoms. The zero-order valence-corrected chi connectivity index (χ0v) is 16.9. The van der Waals surface area contributed by atoms with E-state index in [1.807, 2.05) is 0 Å². The van der Waals surface area contributed by atoms with Gasteiger partial charge in [0.1, 0.15) is 11.5 Å². The number of hydrogen-bond acceptors (Lipinski definition) is 4. The van der Waals surface area contributed by atoms with Gasteiger partial charge in [-0.2, -0.15) is 0 Å². The lowest BCUT2D eigenvalue weighted by Crippen LogP contribution is -2.12. The number of halogens is 4. The van der Waals surface area contributed by atoms with Gasteiger partial charge in [0.15, 0.2) is 0 Å². The fourth-order valence-electron chi connectivity index (χ4n) is 2.28. The molecule has 0 fully saturated rings. The van der Waals surface area contributed by atoms with Crippen LogP contribution in [0.3, 0.4) is 0 Å². The first kappa shape index (κ1) is 20.5. The third kappa shape index (κ3) is 5.40. The van der Waals surface area contributed by atoms with Crippen LogP contribution in [0.15, 0.2) is 60.7 Å². The Bertz CT molecular complexity index is 945. The van der Waals surface area contributed by atoms with Gasteiger partial charge < -0.3 is 9.47 Å². The molecule has 0 N–H and O–H groups in total. The first-order valence-corrected chi connectivity index (χ1v) is 9.28. The average Bonchev–Trinajstić information content (AvgIpc) is 2.60. The van der Waals surface area contributed by atoms with E-state index in [0.29, 0.717) is 20.1 Å². The Kier molecular flexibility index (Phi) is 6.47. The summed E-state index contributed by atoms with van der Waals surface area (Å²) in [5.74, 6) is -0.995. The van der Waals surface area contributed by atoms with E-state index in [1.54, 1.807) is 0 Å². The van der Waals surface area contributed by atoms with Gasteiger partial charge in [0.25, 0.3) is 0 Å². The molecule has 3 rings (SSSR count). The summed E-state index contributed by atoms with van der Waals surface area (Å²) in [6.45, 7) is 0. The van der Waals surface area contributed by atoms with E-state index >= 15 is 0 Å². The van der Waals surface area contributed by atoms with Crippen LogP contribution >= 0.6 is 46.4 Å². The number of hydrogen-bond donors (Lipinski definition) is 0. The fourth-order valence-corrected chi connectivity index (χ4v) is 3.29. The van der Waals surface area contributed by atoms with Crippen LogP contribution in [-0.4, -0.2) is 11.9 Å². The van der Waals surface area contributed by atoms with Crippen LogP contribution in [0.25, 0.3) is 0 Å². The number of esters is 2. The van der Waals surface area contributed by atoms with Gasteiger partial charge in [-0.3, -0.25) is 0 Å². The van der Waals surface area contributed by atoms with Crippen molar-refractivity contribution in [2.75, 3.05) is 0 Å². The molecule has 142 valence electrons. The molecule has 3 aromatic rings. The molecule has 0 saturated carbocycles. The van der Waals surface area contributed by atoms with Crippen LogP contribution < -0.4 is 9.47 Å². The van der Waals surface area contributed by atoms with E-state index < -0.39 is 11.9 Å². The lowest BCUT2D eigenvalue weighted by Gasteiger charge is -2.08. The van der Waals surface area contributed by atoms with Crippen molar-refractivity contribution in [3.05, 3.63) is 91.9 Å². The fraction of sp³-hybridized carbons (Fsp3) is 0. The van der Waals surface area contributed by atoms with E-state index in [2.05, 4.69) is 0 Å². The van der Waals surface area contributed by atoms with Gasteiger partial charge in [0.2, 0.25) is 0 Å². The predicted octanol–water partition coefficient (Wildman–Crippen LogP) is 6.74. The second-order valence-corrected chi connectivity index (χ2v) is 7.32. The highest BCUT2D eigenvalue weighted by Gasteiger charge is 2.15.